The van der Waals surface area contributed by atoms with Crippen LogP contribution in [0.1, 0.15) is 56.7 Å². The number of halogens is 1. The summed E-state index contributed by atoms with van der Waals surface area (Å²) >= 11 is 0. The Hall–Kier alpha value is -3.79. The number of aromatic amines is 1. The molecule has 0 spiro atoms. The first-order chi connectivity index (χ1) is 20.0. The minimum Gasteiger partial charge on any atom is -0.343 e. The molecule has 0 aliphatic carbocycles. The Morgan fingerprint density at radius 2 is 1.98 bits per heavy atom. The van der Waals surface area contributed by atoms with Gasteiger partial charge < -0.3 is 24.8 Å². The lowest BCUT2D eigenvalue weighted by atomic mass is 9.91. The number of carbonyl (C=O) groups excluding carboxylic acids is 3. The normalized spacial score (nSPS) is 17.0. The van der Waals surface area contributed by atoms with Crippen LogP contribution in [0.3, 0.4) is 0 Å². The number of piperidine rings is 1. The number of likely N-dealkylation sites (tertiary alicyclic amines) is 1. The van der Waals surface area contributed by atoms with E-state index in [0.717, 1.165) is 47.0 Å². The van der Waals surface area contributed by atoms with Crippen molar-refractivity contribution in [2.45, 2.75) is 65.6 Å². The highest BCUT2D eigenvalue weighted by Gasteiger charge is 2.34. The molecule has 1 fully saturated rings. The third kappa shape index (κ3) is 6.64. The number of anilines is 1. The molecule has 2 aliphatic heterocycles. The number of H-pyrrole nitrogens is 1. The molecule has 42 heavy (non-hydrogen) atoms. The average molecular weight is 577 g/mol. The number of urea groups is 1. The van der Waals surface area contributed by atoms with Crippen molar-refractivity contribution in [1.29, 1.82) is 0 Å². The van der Waals surface area contributed by atoms with Crippen molar-refractivity contribution in [2.24, 2.45) is 11.3 Å². The fourth-order valence-corrected chi connectivity index (χ4v) is 6.44. The van der Waals surface area contributed by atoms with Crippen LogP contribution in [-0.4, -0.2) is 75.8 Å². The number of fused-ring (bicyclic) bond motifs is 2. The molecule has 5 rings (SSSR count). The van der Waals surface area contributed by atoms with Gasteiger partial charge in [-0.15, -0.1) is 0 Å². The van der Waals surface area contributed by atoms with Gasteiger partial charge in [0.05, 0.1) is 17.4 Å². The van der Waals surface area contributed by atoms with Crippen molar-refractivity contribution in [3.8, 4) is 0 Å². The van der Waals surface area contributed by atoms with Crippen LogP contribution < -0.4 is 5.32 Å². The van der Waals surface area contributed by atoms with E-state index in [9.17, 15) is 18.8 Å². The number of carbonyl (C=O) groups is 3. The monoisotopic (exact) mass is 576 g/mol. The number of amides is 3. The molecule has 10 heteroatoms. The van der Waals surface area contributed by atoms with Crippen LogP contribution in [0.15, 0.2) is 36.5 Å². The third-order valence-electron chi connectivity index (χ3n) is 8.31. The first kappa shape index (κ1) is 29.7. The van der Waals surface area contributed by atoms with Crippen molar-refractivity contribution < 1.29 is 18.8 Å². The summed E-state index contributed by atoms with van der Waals surface area (Å²) in [5, 5.41) is 11.0. The molecular weight excluding hydrogens is 535 g/mol. The molecule has 2 aromatic carbocycles. The first-order valence-corrected chi connectivity index (χ1v) is 14.7. The van der Waals surface area contributed by atoms with Crippen molar-refractivity contribution in [3.05, 3.63) is 59.0 Å². The van der Waals surface area contributed by atoms with E-state index in [2.05, 4.69) is 48.2 Å². The van der Waals surface area contributed by atoms with Gasteiger partial charge in [0.25, 0.3) is 0 Å². The van der Waals surface area contributed by atoms with Gasteiger partial charge in [-0.2, -0.15) is 5.10 Å². The van der Waals surface area contributed by atoms with Gasteiger partial charge in [-0.1, -0.05) is 39.0 Å². The Balaban J connectivity index is 1.20. The molecule has 0 saturated carbocycles. The van der Waals surface area contributed by atoms with E-state index in [1.165, 1.54) is 6.07 Å². The number of aldehydes is 1. The second-order valence-electron chi connectivity index (χ2n) is 13.0. The molecule has 9 nitrogen and oxygen atoms in total. The Morgan fingerprint density at radius 3 is 2.69 bits per heavy atom. The summed E-state index contributed by atoms with van der Waals surface area (Å²) in [5.74, 6) is -0.915. The molecule has 1 saturated heterocycles. The molecule has 3 aromatic rings. The summed E-state index contributed by atoms with van der Waals surface area (Å²) in [6.45, 7) is 9.63. The van der Waals surface area contributed by atoms with E-state index < -0.39 is 11.7 Å². The molecule has 0 bridgehead atoms. The maximum atomic E-state index is 14.1. The fraction of sp³-hybridized carbons (Fsp3) is 0.500. The quantitative estimate of drug-likeness (QED) is 0.351. The summed E-state index contributed by atoms with van der Waals surface area (Å²) in [7, 11) is 2.10. The van der Waals surface area contributed by atoms with Crippen molar-refractivity contribution in [1.82, 2.24) is 24.9 Å². The van der Waals surface area contributed by atoms with Gasteiger partial charge >= 0.3 is 6.03 Å². The number of nitrogens with zero attached hydrogens (tertiary/aromatic N) is 4. The number of para-hydroxylation sites is 1. The predicted molar refractivity (Wildman–Crippen MR) is 160 cm³/mol. The summed E-state index contributed by atoms with van der Waals surface area (Å²) in [5.41, 5.74) is 4.29. The highest BCUT2D eigenvalue weighted by atomic mass is 19.1. The second kappa shape index (κ2) is 12.2. The number of aromatic nitrogens is 2. The maximum absolute atomic E-state index is 14.1. The molecule has 1 aromatic heterocycles. The molecule has 2 N–H and O–H groups in total. The third-order valence-corrected chi connectivity index (χ3v) is 8.31. The lowest BCUT2D eigenvalue weighted by Gasteiger charge is -2.40. The highest BCUT2D eigenvalue weighted by molar-refractivity contribution is 5.92. The lowest BCUT2D eigenvalue weighted by Crippen LogP contribution is -2.51. The van der Waals surface area contributed by atoms with Gasteiger partial charge in [0.2, 0.25) is 5.91 Å². The minimum absolute atomic E-state index is 0.0401. The Labute approximate surface area is 246 Å². The second-order valence-corrected chi connectivity index (χ2v) is 13.0. The predicted octanol–water partition coefficient (Wildman–Crippen LogP) is 4.97. The van der Waals surface area contributed by atoms with Crippen molar-refractivity contribution in [2.75, 3.05) is 32.0 Å². The zero-order chi connectivity index (χ0) is 30.0. The van der Waals surface area contributed by atoms with Crippen molar-refractivity contribution in [3.63, 3.8) is 0 Å². The molecular formula is C32H41FN6O3. The maximum Gasteiger partial charge on any atom is 0.322 e. The van der Waals surface area contributed by atoms with Gasteiger partial charge in [0.15, 0.2) is 0 Å². The van der Waals surface area contributed by atoms with Crippen molar-refractivity contribution >= 4 is 34.8 Å². The molecule has 3 heterocycles. The molecule has 1 atom stereocenters. The Morgan fingerprint density at radius 1 is 1.21 bits per heavy atom. The molecule has 1 unspecified atom stereocenters. The number of hydrogen-bond donors (Lipinski definition) is 2. The van der Waals surface area contributed by atoms with E-state index in [1.54, 1.807) is 15.9 Å². The smallest absolute Gasteiger partial charge is 0.322 e. The average Bonchev–Trinajstić information content (AvgIpc) is 3.42. The van der Waals surface area contributed by atoms with E-state index in [0.29, 0.717) is 38.9 Å². The topological polar surface area (TPSA) is 102 Å². The zero-order valence-corrected chi connectivity index (χ0v) is 25.0. The lowest BCUT2D eigenvalue weighted by molar-refractivity contribution is -0.135. The Kier molecular flexibility index (Phi) is 8.63. The number of nitrogens with one attached hydrogen (secondary N) is 2. The van der Waals surface area contributed by atoms with Gasteiger partial charge in [-0.05, 0) is 60.5 Å². The summed E-state index contributed by atoms with van der Waals surface area (Å²) in [6, 6.07) is 8.49. The van der Waals surface area contributed by atoms with Gasteiger partial charge in [0.1, 0.15) is 12.1 Å². The van der Waals surface area contributed by atoms with Gasteiger partial charge in [-0.3, -0.25) is 9.89 Å². The highest BCUT2D eigenvalue weighted by Crippen LogP contribution is 2.30. The standard InChI is InChI=1S/C32H41FN6O3/c1-32(2,3)20-37(4)18-26-22(8-9-28-25(26)16-34-36-28)14-21(19-40)15-29(41)38-12-10-24(11-13-38)39-17-23-6-5-7-27(33)30(23)35-31(39)42/h5-9,16,19,21,24H,10-15,17-18,20H2,1-4H3,(H,34,36)(H,35,42). The van der Waals surface area contributed by atoms with E-state index >= 15 is 0 Å². The molecule has 3 amide bonds. The fourth-order valence-electron chi connectivity index (χ4n) is 6.44. The van der Waals surface area contributed by atoms with Crippen LogP contribution in [0.4, 0.5) is 14.9 Å². The molecule has 224 valence electrons. The summed E-state index contributed by atoms with van der Waals surface area (Å²) in [4.78, 5) is 44.1. The molecule has 0 radical (unpaired) electrons. The summed E-state index contributed by atoms with van der Waals surface area (Å²) in [6.07, 6.45) is 4.64. The number of benzene rings is 2. The largest absolute Gasteiger partial charge is 0.343 e. The van der Waals surface area contributed by atoms with E-state index in [-0.39, 0.29) is 35.5 Å². The SMILES string of the molecule is CN(Cc1c(CC(C=O)CC(=O)N2CCC(N3Cc4cccc(F)c4NC3=O)CC2)ccc2[nH]ncc12)CC(C)(C)C. The van der Waals surface area contributed by atoms with E-state index in [1.807, 2.05) is 24.4 Å². The van der Waals surface area contributed by atoms with Gasteiger partial charge in [-0.25, -0.2) is 9.18 Å². The van der Waals surface area contributed by atoms with Crippen LogP contribution in [0.2, 0.25) is 0 Å². The van der Waals surface area contributed by atoms with Crippen LogP contribution >= 0.6 is 0 Å². The molecule has 2 aliphatic rings. The van der Waals surface area contributed by atoms with Crippen LogP contribution in [0.25, 0.3) is 10.9 Å². The minimum atomic E-state index is -0.439. The first-order valence-electron chi connectivity index (χ1n) is 14.7. The number of rotatable bonds is 9. The zero-order valence-electron chi connectivity index (χ0n) is 25.0. The summed E-state index contributed by atoms with van der Waals surface area (Å²) < 4.78 is 14.1. The van der Waals surface area contributed by atoms with Crippen LogP contribution in [-0.2, 0) is 29.1 Å². The van der Waals surface area contributed by atoms with Gasteiger partial charge in [0, 0.05) is 56.5 Å². The van der Waals surface area contributed by atoms with Crippen LogP contribution in [0, 0.1) is 17.2 Å². The van der Waals surface area contributed by atoms with Crippen LogP contribution in [0.5, 0.6) is 0 Å². The Bertz CT molecular complexity index is 1460. The van der Waals surface area contributed by atoms with E-state index in [4.69, 9.17) is 0 Å². The number of hydrogen-bond acceptors (Lipinski definition) is 5.